The molecule has 2 aliphatic rings. The molecule has 0 amide bonds. The van der Waals surface area contributed by atoms with E-state index >= 15 is 0 Å². The van der Waals surface area contributed by atoms with E-state index in [9.17, 15) is 4.39 Å². The van der Waals surface area contributed by atoms with Crippen LogP contribution in [0.1, 0.15) is 30.9 Å². The molecule has 0 aliphatic carbocycles. The van der Waals surface area contributed by atoms with Crippen molar-refractivity contribution in [1.82, 2.24) is 4.90 Å². The first-order valence-electron chi connectivity index (χ1n) is 6.31. The van der Waals surface area contributed by atoms with Crippen LogP contribution in [0, 0.1) is 5.82 Å². The first-order valence-corrected chi connectivity index (χ1v) is 7.11. The fourth-order valence-corrected chi connectivity index (χ4v) is 3.20. The Hall–Kier alpha value is -1.09. The van der Waals surface area contributed by atoms with Gasteiger partial charge in [0.2, 0.25) is 0 Å². The predicted molar refractivity (Wildman–Crippen MR) is 74.8 cm³/mol. The number of hydrogen-bond donors (Lipinski definition) is 0. The lowest BCUT2D eigenvalue weighted by Crippen LogP contribution is -2.34. The van der Waals surface area contributed by atoms with Crippen LogP contribution in [0.4, 0.5) is 4.39 Å². The van der Waals surface area contributed by atoms with E-state index in [1.54, 1.807) is 12.1 Å². The molecule has 0 N–H and O–H groups in total. The third-order valence-corrected chi connectivity index (χ3v) is 4.20. The third kappa shape index (κ3) is 2.24. The molecule has 18 heavy (non-hydrogen) atoms. The average Bonchev–Trinajstić information content (AvgIpc) is 2.39. The summed E-state index contributed by atoms with van der Waals surface area (Å²) in [6.45, 7) is 0.924. The van der Waals surface area contributed by atoms with Crippen molar-refractivity contribution < 1.29 is 4.39 Å². The Morgan fingerprint density at radius 3 is 2.72 bits per heavy atom. The predicted octanol–water partition coefficient (Wildman–Crippen LogP) is 4.53. The van der Waals surface area contributed by atoms with Crippen LogP contribution in [0.5, 0.6) is 0 Å². The second-order valence-electron chi connectivity index (χ2n) is 4.86. The molecule has 94 valence electrons. The summed E-state index contributed by atoms with van der Waals surface area (Å²) in [6.07, 6.45) is 7.83. The van der Waals surface area contributed by atoms with Crippen LogP contribution in [0.3, 0.4) is 0 Å². The van der Waals surface area contributed by atoms with E-state index in [-0.39, 0.29) is 5.82 Å². The Kier molecular flexibility index (Phi) is 3.25. The smallest absolute Gasteiger partial charge is 0.123 e. The monoisotopic (exact) mass is 307 g/mol. The third-order valence-electron chi connectivity index (χ3n) is 3.69. The number of hydrogen-bond acceptors (Lipinski definition) is 1. The van der Waals surface area contributed by atoms with Crippen molar-refractivity contribution in [2.45, 2.75) is 25.3 Å². The van der Waals surface area contributed by atoms with Gasteiger partial charge in [-0.05, 0) is 49.1 Å². The van der Waals surface area contributed by atoms with E-state index < -0.39 is 0 Å². The highest BCUT2D eigenvalue weighted by Gasteiger charge is 2.28. The molecule has 0 spiro atoms. The lowest BCUT2D eigenvalue weighted by Gasteiger charge is -2.41. The molecule has 2 heterocycles. The molecule has 1 aromatic rings. The van der Waals surface area contributed by atoms with Crippen molar-refractivity contribution in [3.63, 3.8) is 0 Å². The van der Waals surface area contributed by atoms with Crippen LogP contribution in [0.25, 0.3) is 0 Å². The number of rotatable bonds is 1. The molecule has 1 atom stereocenters. The number of piperidine rings is 1. The van der Waals surface area contributed by atoms with Crippen molar-refractivity contribution in [3.05, 3.63) is 58.0 Å². The van der Waals surface area contributed by atoms with E-state index in [0.29, 0.717) is 6.04 Å². The van der Waals surface area contributed by atoms with Gasteiger partial charge in [0.1, 0.15) is 5.82 Å². The molecule has 0 bridgehead atoms. The first-order chi connectivity index (χ1) is 8.74. The fraction of sp³-hybridized carbons (Fsp3) is 0.333. The van der Waals surface area contributed by atoms with E-state index in [1.165, 1.54) is 22.2 Å². The van der Waals surface area contributed by atoms with Gasteiger partial charge in [-0.3, -0.25) is 0 Å². The minimum absolute atomic E-state index is 0.162. The number of nitrogens with zero attached hydrogens (tertiary/aromatic N) is 1. The first kappa shape index (κ1) is 12.0. The Morgan fingerprint density at radius 1 is 1.17 bits per heavy atom. The highest BCUT2D eigenvalue weighted by atomic mass is 79.9. The van der Waals surface area contributed by atoms with E-state index in [4.69, 9.17) is 0 Å². The summed E-state index contributed by atoms with van der Waals surface area (Å²) < 4.78 is 14.2. The summed E-state index contributed by atoms with van der Waals surface area (Å²) in [4.78, 5) is 2.43. The molecule has 1 nitrogen and oxygen atoms in total. The van der Waals surface area contributed by atoms with Crippen molar-refractivity contribution in [2.24, 2.45) is 0 Å². The van der Waals surface area contributed by atoms with Gasteiger partial charge < -0.3 is 4.90 Å². The van der Waals surface area contributed by atoms with Gasteiger partial charge in [-0.25, -0.2) is 4.39 Å². The van der Waals surface area contributed by atoms with Crippen LogP contribution >= 0.6 is 15.9 Å². The Morgan fingerprint density at radius 2 is 1.94 bits per heavy atom. The second-order valence-corrected chi connectivity index (χ2v) is 5.88. The largest absolute Gasteiger partial charge is 0.363 e. The molecule has 0 aromatic heterocycles. The van der Waals surface area contributed by atoms with Crippen molar-refractivity contribution in [1.29, 1.82) is 0 Å². The van der Waals surface area contributed by atoms with Gasteiger partial charge in [0.15, 0.2) is 0 Å². The highest BCUT2D eigenvalue weighted by molar-refractivity contribution is 9.11. The molecule has 1 fully saturated rings. The van der Waals surface area contributed by atoms with Crippen molar-refractivity contribution in [3.8, 4) is 0 Å². The average molecular weight is 308 g/mol. The summed E-state index contributed by atoms with van der Waals surface area (Å²) in [5.41, 5.74) is 2.61. The van der Waals surface area contributed by atoms with Gasteiger partial charge in [-0.2, -0.15) is 0 Å². The maximum absolute atomic E-state index is 13.0. The number of allylic oxidation sites excluding steroid dienone is 3. The summed E-state index contributed by atoms with van der Waals surface area (Å²) in [6, 6.07) is 7.32. The molecule has 1 aromatic carbocycles. The zero-order chi connectivity index (χ0) is 12.5. The Bertz CT molecular complexity index is 504. The fourth-order valence-electron chi connectivity index (χ4n) is 2.80. The maximum atomic E-state index is 13.0. The zero-order valence-corrected chi connectivity index (χ0v) is 11.7. The van der Waals surface area contributed by atoms with Crippen molar-refractivity contribution >= 4 is 15.9 Å². The minimum Gasteiger partial charge on any atom is -0.363 e. The Labute approximate surface area is 115 Å². The minimum atomic E-state index is -0.162. The number of fused-ring (bicyclic) bond motifs is 1. The van der Waals surface area contributed by atoms with E-state index in [0.717, 1.165) is 19.4 Å². The number of halogens is 2. The van der Waals surface area contributed by atoms with E-state index in [1.807, 2.05) is 12.1 Å². The van der Waals surface area contributed by atoms with Gasteiger partial charge in [0, 0.05) is 16.7 Å². The van der Waals surface area contributed by atoms with Crippen LogP contribution in [-0.2, 0) is 0 Å². The lowest BCUT2D eigenvalue weighted by atomic mass is 9.92. The van der Waals surface area contributed by atoms with Crippen LogP contribution in [0.2, 0.25) is 0 Å². The van der Waals surface area contributed by atoms with Gasteiger partial charge >= 0.3 is 0 Å². The normalized spacial score (nSPS) is 23.2. The van der Waals surface area contributed by atoms with Gasteiger partial charge in [-0.15, -0.1) is 0 Å². The van der Waals surface area contributed by atoms with Gasteiger partial charge in [0.05, 0.1) is 6.04 Å². The highest BCUT2D eigenvalue weighted by Crippen LogP contribution is 2.39. The Balaban J connectivity index is 1.90. The second kappa shape index (κ2) is 4.88. The molecule has 1 saturated heterocycles. The molecular formula is C15H15BrFN. The summed E-state index contributed by atoms with van der Waals surface area (Å²) in [5.74, 6) is -0.162. The summed E-state index contributed by atoms with van der Waals surface area (Å²) in [5, 5.41) is 0. The van der Waals surface area contributed by atoms with Gasteiger partial charge in [0.25, 0.3) is 0 Å². The number of benzene rings is 1. The quantitative estimate of drug-likeness (QED) is 0.737. The molecule has 0 radical (unpaired) electrons. The molecule has 3 heteroatoms. The maximum Gasteiger partial charge on any atom is 0.123 e. The zero-order valence-electron chi connectivity index (χ0n) is 10.1. The lowest BCUT2D eigenvalue weighted by molar-refractivity contribution is 0.216. The molecule has 3 rings (SSSR count). The van der Waals surface area contributed by atoms with E-state index in [2.05, 4.69) is 33.0 Å². The molecule has 0 saturated carbocycles. The summed E-state index contributed by atoms with van der Waals surface area (Å²) in [7, 11) is 0. The topological polar surface area (TPSA) is 3.24 Å². The van der Waals surface area contributed by atoms with Crippen LogP contribution in [0.15, 0.2) is 46.6 Å². The van der Waals surface area contributed by atoms with Crippen molar-refractivity contribution in [2.75, 3.05) is 6.54 Å². The van der Waals surface area contributed by atoms with Gasteiger partial charge in [-0.1, -0.05) is 28.1 Å². The summed E-state index contributed by atoms with van der Waals surface area (Å²) >= 11 is 3.58. The SMILES string of the molecule is Fc1ccc(C2CCCC3=CC=C(Br)CN32)cc1. The van der Waals surface area contributed by atoms with Crippen LogP contribution < -0.4 is 0 Å². The molecule has 1 unspecified atom stereocenters. The standard InChI is InChI=1S/C15H15BrFN/c16-12-6-9-14-2-1-3-15(18(14)10-12)11-4-7-13(17)8-5-11/h4-9,15H,1-3,10H2. The van der Waals surface area contributed by atoms with Crippen LogP contribution in [-0.4, -0.2) is 11.4 Å². The molecule has 2 aliphatic heterocycles. The molecular weight excluding hydrogens is 293 g/mol.